The molecule has 1 rings (SSSR count). The zero-order valence-electron chi connectivity index (χ0n) is 10.5. The van der Waals surface area contributed by atoms with Gasteiger partial charge in [-0.3, -0.25) is 4.68 Å². The normalized spacial score (nSPS) is 10.8. The third-order valence-electron chi connectivity index (χ3n) is 2.37. The lowest BCUT2D eigenvalue weighted by atomic mass is 10.3. The van der Waals surface area contributed by atoms with Gasteiger partial charge in [0.25, 0.3) is 0 Å². The third kappa shape index (κ3) is 3.42. The van der Waals surface area contributed by atoms with Crippen molar-refractivity contribution in [2.45, 2.75) is 19.6 Å². The SMILES string of the molecule is CCNc1c(CSCCOC)c(C)nn1C. The molecule has 0 unspecified atom stereocenters. The number of anilines is 1. The first-order chi connectivity index (χ1) is 7.70. The second kappa shape index (κ2) is 6.81. The van der Waals surface area contributed by atoms with Crippen LogP contribution in [0.5, 0.6) is 0 Å². The van der Waals surface area contributed by atoms with E-state index in [4.69, 9.17) is 4.74 Å². The molecule has 1 aromatic heterocycles. The Morgan fingerprint density at radius 1 is 1.50 bits per heavy atom. The molecule has 0 aromatic carbocycles. The Balaban J connectivity index is 2.62. The molecule has 0 fully saturated rings. The first-order valence-electron chi connectivity index (χ1n) is 5.53. The van der Waals surface area contributed by atoms with E-state index in [-0.39, 0.29) is 0 Å². The Morgan fingerprint density at radius 3 is 2.88 bits per heavy atom. The number of aryl methyl sites for hydroxylation is 2. The number of thioether (sulfide) groups is 1. The number of rotatable bonds is 7. The average molecular weight is 243 g/mol. The molecule has 1 heterocycles. The van der Waals surface area contributed by atoms with Gasteiger partial charge in [0.1, 0.15) is 5.82 Å². The van der Waals surface area contributed by atoms with Gasteiger partial charge in [0.05, 0.1) is 12.3 Å². The monoisotopic (exact) mass is 243 g/mol. The van der Waals surface area contributed by atoms with Gasteiger partial charge in [-0.25, -0.2) is 0 Å². The molecule has 0 aliphatic carbocycles. The van der Waals surface area contributed by atoms with Gasteiger partial charge < -0.3 is 10.1 Å². The predicted molar refractivity (Wildman–Crippen MR) is 70.1 cm³/mol. The Morgan fingerprint density at radius 2 is 2.25 bits per heavy atom. The van der Waals surface area contributed by atoms with Crippen LogP contribution >= 0.6 is 11.8 Å². The Bertz CT molecular complexity index is 325. The van der Waals surface area contributed by atoms with E-state index in [1.807, 2.05) is 23.5 Å². The lowest BCUT2D eigenvalue weighted by molar-refractivity contribution is 0.218. The second-order valence-electron chi connectivity index (χ2n) is 3.61. The smallest absolute Gasteiger partial charge is 0.128 e. The fraction of sp³-hybridized carbons (Fsp3) is 0.727. The molecule has 0 aliphatic rings. The van der Waals surface area contributed by atoms with Gasteiger partial charge in [-0.1, -0.05) is 0 Å². The van der Waals surface area contributed by atoms with Gasteiger partial charge in [0.2, 0.25) is 0 Å². The van der Waals surface area contributed by atoms with Crippen LogP contribution in [-0.2, 0) is 17.5 Å². The van der Waals surface area contributed by atoms with Crippen LogP contribution in [0.3, 0.4) is 0 Å². The van der Waals surface area contributed by atoms with E-state index in [0.717, 1.165) is 36.2 Å². The van der Waals surface area contributed by atoms with Crippen molar-refractivity contribution in [3.63, 3.8) is 0 Å². The van der Waals surface area contributed by atoms with Crippen LogP contribution in [0.1, 0.15) is 18.2 Å². The van der Waals surface area contributed by atoms with E-state index >= 15 is 0 Å². The zero-order valence-corrected chi connectivity index (χ0v) is 11.4. The van der Waals surface area contributed by atoms with E-state index in [0.29, 0.717) is 0 Å². The van der Waals surface area contributed by atoms with Crippen LogP contribution in [0.2, 0.25) is 0 Å². The first kappa shape index (κ1) is 13.4. The molecule has 5 heteroatoms. The van der Waals surface area contributed by atoms with Gasteiger partial charge in [-0.15, -0.1) is 0 Å². The number of nitrogens with zero attached hydrogens (tertiary/aromatic N) is 2. The summed E-state index contributed by atoms with van der Waals surface area (Å²) in [4.78, 5) is 0. The minimum Gasteiger partial charge on any atom is -0.384 e. The van der Waals surface area contributed by atoms with Crippen molar-refractivity contribution >= 4 is 17.6 Å². The molecule has 0 bridgehead atoms. The van der Waals surface area contributed by atoms with Crippen molar-refractivity contribution in [3.8, 4) is 0 Å². The van der Waals surface area contributed by atoms with Crippen molar-refractivity contribution in [1.82, 2.24) is 9.78 Å². The summed E-state index contributed by atoms with van der Waals surface area (Å²) in [7, 11) is 3.72. The van der Waals surface area contributed by atoms with Gasteiger partial charge >= 0.3 is 0 Å². The summed E-state index contributed by atoms with van der Waals surface area (Å²) in [6.07, 6.45) is 0. The van der Waals surface area contributed by atoms with Crippen molar-refractivity contribution in [2.75, 3.05) is 31.3 Å². The first-order valence-corrected chi connectivity index (χ1v) is 6.69. The zero-order chi connectivity index (χ0) is 12.0. The fourth-order valence-corrected chi connectivity index (χ4v) is 2.56. The summed E-state index contributed by atoms with van der Waals surface area (Å²) in [5, 5.41) is 7.80. The summed E-state index contributed by atoms with van der Waals surface area (Å²) in [5.41, 5.74) is 2.42. The van der Waals surface area contributed by atoms with Crippen molar-refractivity contribution < 1.29 is 4.74 Å². The van der Waals surface area contributed by atoms with Crippen LogP contribution in [0.4, 0.5) is 5.82 Å². The summed E-state index contributed by atoms with van der Waals surface area (Å²) >= 11 is 1.88. The highest BCUT2D eigenvalue weighted by atomic mass is 32.2. The van der Waals surface area contributed by atoms with Crippen LogP contribution in [-0.4, -0.2) is 35.8 Å². The van der Waals surface area contributed by atoms with Crippen molar-refractivity contribution in [1.29, 1.82) is 0 Å². The Labute approximate surface area is 102 Å². The Kier molecular flexibility index (Phi) is 5.69. The quantitative estimate of drug-likeness (QED) is 0.744. The second-order valence-corrected chi connectivity index (χ2v) is 4.72. The van der Waals surface area contributed by atoms with E-state index in [1.54, 1.807) is 7.11 Å². The molecule has 0 saturated heterocycles. The highest BCUT2D eigenvalue weighted by Gasteiger charge is 2.11. The molecule has 92 valence electrons. The molecule has 0 aliphatic heterocycles. The van der Waals surface area contributed by atoms with E-state index in [2.05, 4.69) is 24.3 Å². The van der Waals surface area contributed by atoms with Gasteiger partial charge in [-0.05, 0) is 13.8 Å². The van der Waals surface area contributed by atoms with Gasteiger partial charge in [0.15, 0.2) is 0 Å². The molecule has 1 aromatic rings. The van der Waals surface area contributed by atoms with E-state index < -0.39 is 0 Å². The molecule has 4 nitrogen and oxygen atoms in total. The summed E-state index contributed by atoms with van der Waals surface area (Å²) < 4.78 is 6.96. The minimum atomic E-state index is 0.806. The fourth-order valence-electron chi connectivity index (χ4n) is 1.58. The summed E-state index contributed by atoms with van der Waals surface area (Å²) in [5.74, 6) is 3.16. The molecule has 1 N–H and O–H groups in total. The minimum absolute atomic E-state index is 0.806. The highest BCUT2D eigenvalue weighted by molar-refractivity contribution is 7.98. The molecule has 0 radical (unpaired) electrons. The largest absolute Gasteiger partial charge is 0.384 e. The average Bonchev–Trinajstić information content (AvgIpc) is 2.51. The highest BCUT2D eigenvalue weighted by Crippen LogP contribution is 2.23. The lowest BCUT2D eigenvalue weighted by Crippen LogP contribution is -2.05. The summed E-state index contributed by atoms with van der Waals surface area (Å²) in [6, 6.07) is 0. The van der Waals surface area contributed by atoms with E-state index in [1.165, 1.54) is 5.56 Å². The lowest BCUT2D eigenvalue weighted by Gasteiger charge is -2.07. The number of ether oxygens (including phenoxy) is 1. The standard InChI is InChI=1S/C11H21N3OS/c1-5-12-11-10(8-16-7-6-15-4)9(2)13-14(11)3/h12H,5-8H2,1-4H3. The number of aromatic nitrogens is 2. The Hall–Kier alpha value is -0.680. The molecular formula is C11H21N3OS. The molecule has 0 saturated carbocycles. The maximum Gasteiger partial charge on any atom is 0.128 e. The van der Waals surface area contributed by atoms with Gasteiger partial charge in [-0.2, -0.15) is 16.9 Å². The van der Waals surface area contributed by atoms with Crippen LogP contribution in [0.15, 0.2) is 0 Å². The maximum atomic E-state index is 5.04. The third-order valence-corrected chi connectivity index (χ3v) is 3.32. The molecule has 0 amide bonds. The predicted octanol–water partition coefficient (Wildman–Crippen LogP) is 2.04. The van der Waals surface area contributed by atoms with Crippen molar-refractivity contribution in [3.05, 3.63) is 11.3 Å². The molecular weight excluding hydrogens is 222 g/mol. The summed E-state index contributed by atoms with van der Waals surface area (Å²) in [6.45, 7) is 5.90. The molecule has 16 heavy (non-hydrogen) atoms. The van der Waals surface area contributed by atoms with Gasteiger partial charge in [0, 0.05) is 37.8 Å². The maximum absolute atomic E-state index is 5.04. The molecule has 0 atom stereocenters. The van der Waals surface area contributed by atoms with E-state index in [9.17, 15) is 0 Å². The van der Waals surface area contributed by atoms with Crippen LogP contribution in [0, 0.1) is 6.92 Å². The van der Waals surface area contributed by atoms with Crippen LogP contribution in [0.25, 0.3) is 0 Å². The molecule has 0 spiro atoms. The topological polar surface area (TPSA) is 39.1 Å². The van der Waals surface area contributed by atoms with Crippen molar-refractivity contribution in [2.24, 2.45) is 7.05 Å². The van der Waals surface area contributed by atoms with Crippen LogP contribution < -0.4 is 5.32 Å². The number of methoxy groups -OCH3 is 1. The number of hydrogen-bond donors (Lipinski definition) is 1. The number of hydrogen-bond acceptors (Lipinski definition) is 4. The number of nitrogens with one attached hydrogen (secondary N) is 1.